The summed E-state index contributed by atoms with van der Waals surface area (Å²) in [5, 5.41) is 13.8. The number of hydrogen-bond donors (Lipinski definition) is 1. The Labute approximate surface area is 175 Å². The smallest absolute Gasteiger partial charge is 0.274 e. The minimum absolute atomic E-state index is 0.0465. The summed E-state index contributed by atoms with van der Waals surface area (Å²) < 4.78 is 24.7. The third-order valence-electron chi connectivity index (χ3n) is 5.15. The van der Waals surface area contributed by atoms with Crippen molar-refractivity contribution < 1.29 is 18.1 Å². The molecule has 0 unspecified atom stereocenters. The molecule has 3 rings (SSSR count). The maximum Gasteiger partial charge on any atom is 0.274 e. The minimum Gasteiger partial charge on any atom is -0.321 e. The molecule has 1 N–H and O–H groups in total. The van der Waals surface area contributed by atoms with Crippen LogP contribution in [0.1, 0.15) is 21.5 Å². The fraction of sp³-hybridized carbons (Fsp3) is 0.350. The summed E-state index contributed by atoms with van der Waals surface area (Å²) in [5.41, 5.74) is 2.14. The molecule has 1 saturated heterocycles. The van der Waals surface area contributed by atoms with Gasteiger partial charge in [0.1, 0.15) is 0 Å². The number of amides is 1. The van der Waals surface area contributed by atoms with Gasteiger partial charge in [0.2, 0.25) is 10.0 Å². The summed E-state index contributed by atoms with van der Waals surface area (Å²) >= 11 is 0. The normalized spacial score (nSPS) is 15.7. The molecule has 1 aliphatic rings. The highest BCUT2D eigenvalue weighted by Gasteiger charge is 2.23. The quantitative estimate of drug-likeness (QED) is 0.553. The van der Waals surface area contributed by atoms with Crippen LogP contribution in [0.15, 0.2) is 42.5 Å². The Bertz CT molecular complexity index is 1060. The van der Waals surface area contributed by atoms with Crippen molar-refractivity contribution in [1.29, 1.82) is 0 Å². The number of benzene rings is 2. The number of anilines is 1. The van der Waals surface area contributed by atoms with Gasteiger partial charge in [0.25, 0.3) is 11.6 Å². The molecule has 2 aromatic carbocycles. The number of piperazine rings is 1. The van der Waals surface area contributed by atoms with Crippen LogP contribution in [0, 0.1) is 17.0 Å². The molecule has 0 spiro atoms. The average Bonchev–Trinajstić information content (AvgIpc) is 2.69. The SMILES string of the molecule is Cc1c(NC(=O)c2cccc(CN3CCN(S(C)(=O)=O)CC3)c2)cccc1[N+](=O)[O-]. The van der Waals surface area contributed by atoms with Crippen LogP contribution in [-0.4, -0.2) is 60.9 Å². The number of hydrogen-bond acceptors (Lipinski definition) is 6. The Balaban J connectivity index is 1.67. The summed E-state index contributed by atoms with van der Waals surface area (Å²) in [6.45, 7) is 4.35. The summed E-state index contributed by atoms with van der Waals surface area (Å²) in [7, 11) is -3.17. The Morgan fingerprint density at radius 3 is 2.43 bits per heavy atom. The van der Waals surface area contributed by atoms with E-state index in [9.17, 15) is 23.3 Å². The molecular weight excluding hydrogens is 408 g/mol. The van der Waals surface area contributed by atoms with E-state index in [1.807, 2.05) is 6.07 Å². The minimum atomic E-state index is -3.17. The van der Waals surface area contributed by atoms with Gasteiger partial charge in [-0.05, 0) is 30.7 Å². The van der Waals surface area contributed by atoms with Crippen molar-refractivity contribution in [1.82, 2.24) is 9.21 Å². The average molecular weight is 433 g/mol. The first-order chi connectivity index (χ1) is 14.1. The molecule has 1 aliphatic heterocycles. The number of rotatable bonds is 6. The molecule has 1 heterocycles. The molecule has 160 valence electrons. The second-order valence-corrected chi connectivity index (χ2v) is 9.28. The Morgan fingerprint density at radius 1 is 1.13 bits per heavy atom. The molecule has 0 bridgehead atoms. The van der Waals surface area contributed by atoms with E-state index in [0.29, 0.717) is 49.5 Å². The zero-order chi connectivity index (χ0) is 21.9. The molecule has 0 saturated carbocycles. The standard InChI is InChI=1S/C20H24N4O5S/c1-15-18(7-4-8-19(15)24(26)27)21-20(25)17-6-3-5-16(13-17)14-22-9-11-23(12-10-22)30(2,28)29/h3-8,13H,9-12,14H2,1-2H3,(H,21,25). The van der Waals surface area contributed by atoms with E-state index >= 15 is 0 Å². The monoisotopic (exact) mass is 432 g/mol. The van der Waals surface area contributed by atoms with Crippen LogP contribution in [0.2, 0.25) is 0 Å². The lowest BCUT2D eigenvalue weighted by Crippen LogP contribution is -2.47. The molecule has 1 fully saturated rings. The highest BCUT2D eigenvalue weighted by molar-refractivity contribution is 7.88. The Morgan fingerprint density at radius 2 is 1.80 bits per heavy atom. The number of nitro benzene ring substituents is 1. The van der Waals surface area contributed by atoms with Gasteiger partial charge in [-0.1, -0.05) is 18.2 Å². The number of carbonyl (C=O) groups excluding carboxylic acids is 1. The van der Waals surface area contributed by atoms with E-state index in [1.54, 1.807) is 31.2 Å². The second-order valence-electron chi connectivity index (χ2n) is 7.30. The van der Waals surface area contributed by atoms with Crippen molar-refractivity contribution in [3.63, 3.8) is 0 Å². The van der Waals surface area contributed by atoms with Crippen LogP contribution < -0.4 is 5.32 Å². The van der Waals surface area contributed by atoms with Crippen molar-refractivity contribution in [2.24, 2.45) is 0 Å². The van der Waals surface area contributed by atoms with Gasteiger partial charge in [0, 0.05) is 44.4 Å². The van der Waals surface area contributed by atoms with Gasteiger partial charge in [-0.2, -0.15) is 4.31 Å². The maximum absolute atomic E-state index is 12.7. The van der Waals surface area contributed by atoms with Crippen LogP contribution in [0.25, 0.3) is 0 Å². The van der Waals surface area contributed by atoms with Gasteiger partial charge in [0.15, 0.2) is 0 Å². The molecular formula is C20H24N4O5S. The summed E-state index contributed by atoms with van der Waals surface area (Å²) in [5.74, 6) is -0.345. The van der Waals surface area contributed by atoms with Crippen molar-refractivity contribution in [3.05, 3.63) is 69.3 Å². The van der Waals surface area contributed by atoms with Crippen molar-refractivity contribution in [3.8, 4) is 0 Å². The van der Waals surface area contributed by atoms with Crippen LogP contribution >= 0.6 is 0 Å². The Kier molecular flexibility index (Phi) is 6.49. The number of nitrogens with one attached hydrogen (secondary N) is 1. The maximum atomic E-state index is 12.7. The molecule has 10 heteroatoms. The topological polar surface area (TPSA) is 113 Å². The van der Waals surface area contributed by atoms with Crippen LogP contribution in [0.5, 0.6) is 0 Å². The first kappa shape index (κ1) is 21.9. The largest absolute Gasteiger partial charge is 0.321 e. The summed E-state index contributed by atoms with van der Waals surface area (Å²) in [4.78, 5) is 25.4. The van der Waals surface area contributed by atoms with Gasteiger partial charge in [-0.15, -0.1) is 0 Å². The van der Waals surface area contributed by atoms with Crippen molar-refractivity contribution in [2.45, 2.75) is 13.5 Å². The van der Waals surface area contributed by atoms with E-state index in [0.717, 1.165) is 5.56 Å². The predicted molar refractivity (Wildman–Crippen MR) is 114 cm³/mol. The van der Waals surface area contributed by atoms with Crippen LogP contribution in [0.4, 0.5) is 11.4 Å². The fourth-order valence-corrected chi connectivity index (χ4v) is 4.27. The predicted octanol–water partition coefficient (Wildman–Crippen LogP) is 2.23. The first-order valence-corrected chi connectivity index (χ1v) is 11.3. The van der Waals surface area contributed by atoms with E-state index in [-0.39, 0.29) is 11.6 Å². The third kappa shape index (κ3) is 5.21. The highest BCUT2D eigenvalue weighted by Crippen LogP contribution is 2.25. The number of nitro groups is 1. The van der Waals surface area contributed by atoms with Crippen LogP contribution in [0.3, 0.4) is 0 Å². The molecule has 0 aliphatic carbocycles. The number of sulfonamides is 1. The molecule has 0 aromatic heterocycles. The van der Waals surface area contributed by atoms with E-state index < -0.39 is 14.9 Å². The van der Waals surface area contributed by atoms with Gasteiger partial charge in [-0.3, -0.25) is 19.8 Å². The van der Waals surface area contributed by atoms with Gasteiger partial charge in [0.05, 0.1) is 22.4 Å². The van der Waals surface area contributed by atoms with E-state index in [1.165, 1.54) is 22.7 Å². The van der Waals surface area contributed by atoms with Crippen molar-refractivity contribution in [2.75, 3.05) is 37.8 Å². The first-order valence-electron chi connectivity index (χ1n) is 9.47. The van der Waals surface area contributed by atoms with Crippen molar-refractivity contribution >= 4 is 27.3 Å². The molecule has 0 radical (unpaired) electrons. The van der Waals surface area contributed by atoms with E-state index in [2.05, 4.69) is 10.2 Å². The van der Waals surface area contributed by atoms with Gasteiger partial charge >= 0.3 is 0 Å². The summed E-state index contributed by atoms with van der Waals surface area (Å²) in [6.07, 6.45) is 1.22. The second kappa shape index (κ2) is 8.90. The molecule has 9 nitrogen and oxygen atoms in total. The summed E-state index contributed by atoms with van der Waals surface area (Å²) in [6, 6.07) is 11.7. The molecule has 2 aromatic rings. The zero-order valence-electron chi connectivity index (χ0n) is 16.9. The lowest BCUT2D eigenvalue weighted by atomic mass is 10.1. The molecule has 1 amide bonds. The fourth-order valence-electron chi connectivity index (χ4n) is 3.44. The number of carbonyl (C=O) groups is 1. The highest BCUT2D eigenvalue weighted by atomic mass is 32.2. The molecule has 0 atom stereocenters. The third-order valence-corrected chi connectivity index (χ3v) is 6.45. The molecule has 30 heavy (non-hydrogen) atoms. The number of nitrogens with zero attached hydrogens (tertiary/aromatic N) is 3. The van der Waals surface area contributed by atoms with Gasteiger partial charge in [-0.25, -0.2) is 8.42 Å². The van der Waals surface area contributed by atoms with Crippen LogP contribution in [-0.2, 0) is 16.6 Å². The lowest BCUT2D eigenvalue weighted by molar-refractivity contribution is -0.385. The lowest BCUT2D eigenvalue weighted by Gasteiger charge is -2.33. The van der Waals surface area contributed by atoms with Gasteiger partial charge < -0.3 is 5.32 Å². The zero-order valence-corrected chi connectivity index (χ0v) is 17.7. The Hall–Kier alpha value is -2.82. The van der Waals surface area contributed by atoms with E-state index in [4.69, 9.17) is 0 Å².